The highest BCUT2D eigenvalue weighted by atomic mass is 16.6. The molecule has 24 heavy (non-hydrogen) atoms. The van der Waals surface area contributed by atoms with Crippen LogP contribution in [0.1, 0.15) is 50.7 Å². The Balaban J connectivity index is 2.54. The van der Waals surface area contributed by atoms with Crippen LogP contribution in [0, 0.1) is 0 Å². The third kappa shape index (κ3) is 6.99. The van der Waals surface area contributed by atoms with Gasteiger partial charge in [0.25, 0.3) is 0 Å². The number of ether oxygens (including phenoxy) is 4. The van der Waals surface area contributed by atoms with Crippen molar-refractivity contribution >= 4 is 5.97 Å². The SMILES string of the molecule is COCCOCCOCC(=O)Oc1c(C(C)C)cccc1C(C)C. The van der Waals surface area contributed by atoms with Gasteiger partial charge >= 0.3 is 5.97 Å². The first-order valence-corrected chi connectivity index (χ1v) is 8.45. The second-order valence-electron chi connectivity index (χ2n) is 6.21. The third-order valence-corrected chi connectivity index (χ3v) is 3.56. The number of para-hydroxylation sites is 1. The predicted molar refractivity (Wildman–Crippen MR) is 93.8 cm³/mol. The van der Waals surface area contributed by atoms with E-state index in [9.17, 15) is 4.79 Å². The van der Waals surface area contributed by atoms with Crippen LogP contribution in [0.15, 0.2) is 18.2 Å². The molecule has 0 radical (unpaired) electrons. The Labute approximate surface area is 145 Å². The molecule has 0 unspecified atom stereocenters. The summed E-state index contributed by atoms with van der Waals surface area (Å²) in [5, 5.41) is 0. The Hall–Kier alpha value is -1.43. The number of hydrogen-bond donors (Lipinski definition) is 0. The Morgan fingerprint density at radius 2 is 1.46 bits per heavy atom. The molecule has 0 heterocycles. The molecule has 136 valence electrons. The van der Waals surface area contributed by atoms with Gasteiger partial charge < -0.3 is 18.9 Å². The van der Waals surface area contributed by atoms with Gasteiger partial charge in [-0.2, -0.15) is 0 Å². The molecule has 5 nitrogen and oxygen atoms in total. The number of carbonyl (C=O) groups is 1. The van der Waals surface area contributed by atoms with Gasteiger partial charge in [-0.05, 0) is 23.0 Å². The van der Waals surface area contributed by atoms with Gasteiger partial charge in [0.05, 0.1) is 26.4 Å². The highest BCUT2D eigenvalue weighted by molar-refractivity contribution is 5.74. The van der Waals surface area contributed by atoms with E-state index < -0.39 is 0 Å². The normalized spacial score (nSPS) is 11.3. The van der Waals surface area contributed by atoms with Crippen molar-refractivity contribution in [3.63, 3.8) is 0 Å². The summed E-state index contributed by atoms with van der Waals surface area (Å²) in [6.07, 6.45) is 0. The van der Waals surface area contributed by atoms with Crippen LogP contribution in [-0.4, -0.2) is 46.1 Å². The van der Waals surface area contributed by atoms with E-state index in [0.29, 0.717) is 32.2 Å². The molecule has 5 heteroatoms. The first kappa shape index (κ1) is 20.6. The second kappa shape index (κ2) is 11.2. The molecule has 0 amide bonds. The minimum atomic E-state index is -0.387. The van der Waals surface area contributed by atoms with Crippen molar-refractivity contribution < 1.29 is 23.7 Å². The molecule has 0 saturated carbocycles. The summed E-state index contributed by atoms with van der Waals surface area (Å²) in [6.45, 7) is 10.1. The first-order valence-electron chi connectivity index (χ1n) is 8.45. The lowest BCUT2D eigenvalue weighted by atomic mass is 9.94. The second-order valence-corrected chi connectivity index (χ2v) is 6.21. The summed E-state index contributed by atoms with van der Waals surface area (Å²) in [7, 11) is 1.62. The molecule has 0 aliphatic rings. The van der Waals surface area contributed by atoms with Crippen LogP contribution in [0.3, 0.4) is 0 Å². The van der Waals surface area contributed by atoms with E-state index in [1.807, 2.05) is 18.2 Å². The van der Waals surface area contributed by atoms with Crippen molar-refractivity contribution in [2.24, 2.45) is 0 Å². The predicted octanol–water partition coefficient (Wildman–Crippen LogP) is 3.52. The quantitative estimate of drug-likeness (QED) is 0.351. The van der Waals surface area contributed by atoms with E-state index in [2.05, 4.69) is 27.7 Å². The topological polar surface area (TPSA) is 54.0 Å². The van der Waals surface area contributed by atoms with Gasteiger partial charge in [-0.15, -0.1) is 0 Å². The standard InChI is InChI=1S/C19H30O5/c1-14(2)16-7-6-8-17(15(3)4)19(16)24-18(20)13-23-12-11-22-10-9-21-5/h6-8,14-15H,9-13H2,1-5H3. The highest BCUT2D eigenvalue weighted by Crippen LogP contribution is 2.34. The Morgan fingerprint density at radius 3 is 2.00 bits per heavy atom. The third-order valence-electron chi connectivity index (χ3n) is 3.56. The lowest BCUT2D eigenvalue weighted by Crippen LogP contribution is -2.19. The number of benzene rings is 1. The van der Waals surface area contributed by atoms with Crippen LogP contribution in [0.25, 0.3) is 0 Å². The zero-order valence-corrected chi connectivity index (χ0v) is 15.5. The summed E-state index contributed by atoms with van der Waals surface area (Å²) in [5.74, 6) is 0.845. The molecule has 1 aromatic rings. The molecule has 0 atom stereocenters. The molecule has 0 spiro atoms. The summed E-state index contributed by atoms with van der Waals surface area (Å²) in [6, 6.07) is 6.02. The minimum absolute atomic E-state index is 0.0857. The van der Waals surface area contributed by atoms with Crippen molar-refractivity contribution in [2.75, 3.05) is 40.1 Å². The molecule has 0 bridgehead atoms. The Kier molecular flexibility index (Phi) is 9.60. The van der Waals surface area contributed by atoms with Crippen molar-refractivity contribution in [3.8, 4) is 5.75 Å². The smallest absolute Gasteiger partial charge is 0.337 e. The molecule has 1 rings (SSSR count). The zero-order chi connectivity index (χ0) is 17.9. The lowest BCUT2D eigenvalue weighted by Gasteiger charge is -2.18. The van der Waals surface area contributed by atoms with E-state index in [4.69, 9.17) is 18.9 Å². The van der Waals surface area contributed by atoms with Crippen LogP contribution in [0.2, 0.25) is 0 Å². The van der Waals surface area contributed by atoms with E-state index in [1.165, 1.54) is 0 Å². The Bertz CT molecular complexity index is 470. The van der Waals surface area contributed by atoms with E-state index in [0.717, 1.165) is 11.1 Å². The van der Waals surface area contributed by atoms with E-state index in [1.54, 1.807) is 7.11 Å². The number of carbonyl (C=O) groups excluding carboxylic acids is 1. The van der Waals surface area contributed by atoms with Crippen molar-refractivity contribution in [2.45, 2.75) is 39.5 Å². The maximum Gasteiger partial charge on any atom is 0.337 e. The minimum Gasteiger partial charge on any atom is -0.424 e. The molecule has 0 N–H and O–H groups in total. The van der Waals surface area contributed by atoms with Crippen molar-refractivity contribution in [1.29, 1.82) is 0 Å². The highest BCUT2D eigenvalue weighted by Gasteiger charge is 2.18. The molecular formula is C19H30O5. The summed E-state index contributed by atoms with van der Waals surface area (Å²) >= 11 is 0. The van der Waals surface area contributed by atoms with E-state index >= 15 is 0 Å². The van der Waals surface area contributed by atoms with Crippen LogP contribution in [-0.2, 0) is 19.0 Å². The summed E-state index contributed by atoms with van der Waals surface area (Å²) in [4.78, 5) is 12.1. The van der Waals surface area contributed by atoms with E-state index in [-0.39, 0.29) is 24.4 Å². The van der Waals surface area contributed by atoms with Gasteiger partial charge in [0.2, 0.25) is 0 Å². The fraction of sp³-hybridized carbons (Fsp3) is 0.632. The fourth-order valence-corrected chi connectivity index (χ4v) is 2.26. The molecule has 0 saturated heterocycles. The zero-order valence-electron chi connectivity index (χ0n) is 15.5. The van der Waals surface area contributed by atoms with Gasteiger partial charge in [-0.1, -0.05) is 45.9 Å². The monoisotopic (exact) mass is 338 g/mol. The molecule has 0 aliphatic heterocycles. The van der Waals surface area contributed by atoms with Gasteiger partial charge in [0.1, 0.15) is 12.4 Å². The molecule has 0 aliphatic carbocycles. The van der Waals surface area contributed by atoms with Crippen LogP contribution >= 0.6 is 0 Å². The van der Waals surface area contributed by atoms with Crippen molar-refractivity contribution in [3.05, 3.63) is 29.3 Å². The maximum atomic E-state index is 12.1. The molecule has 0 aromatic heterocycles. The molecular weight excluding hydrogens is 308 g/mol. The average molecular weight is 338 g/mol. The average Bonchev–Trinajstić information content (AvgIpc) is 2.53. The number of esters is 1. The van der Waals surface area contributed by atoms with Crippen LogP contribution in [0.5, 0.6) is 5.75 Å². The Morgan fingerprint density at radius 1 is 0.917 bits per heavy atom. The summed E-state index contributed by atoms with van der Waals surface area (Å²) in [5.41, 5.74) is 2.08. The fourth-order valence-electron chi connectivity index (χ4n) is 2.26. The maximum absolute atomic E-state index is 12.1. The number of rotatable bonds is 11. The number of hydrogen-bond acceptors (Lipinski definition) is 5. The molecule has 0 fully saturated rings. The summed E-state index contributed by atoms with van der Waals surface area (Å²) < 4.78 is 21.1. The van der Waals surface area contributed by atoms with Crippen molar-refractivity contribution in [1.82, 2.24) is 0 Å². The number of methoxy groups -OCH3 is 1. The van der Waals surface area contributed by atoms with Gasteiger partial charge in [-0.25, -0.2) is 4.79 Å². The largest absolute Gasteiger partial charge is 0.424 e. The van der Waals surface area contributed by atoms with Gasteiger partial charge in [-0.3, -0.25) is 0 Å². The first-order chi connectivity index (χ1) is 11.5. The van der Waals surface area contributed by atoms with Gasteiger partial charge in [0.15, 0.2) is 0 Å². The lowest BCUT2D eigenvalue weighted by molar-refractivity contribution is -0.140. The van der Waals surface area contributed by atoms with Crippen LogP contribution in [0.4, 0.5) is 0 Å². The van der Waals surface area contributed by atoms with Gasteiger partial charge in [0, 0.05) is 7.11 Å². The molecule has 1 aromatic carbocycles. The van der Waals surface area contributed by atoms with Crippen LogP contribution < -0.4 is 4.74 Å².